The number of fused-ring (bicyclic) bond motifs is 1. The Morgan fingerprint density at radius 2 is 1.89 bits per heavy atom. The Morgan fingerprint density at radius 3 is 2.58 bits per heavy atom. The van der Waals surface area contributed by atoms with Crippen LogP contribution in [0.2, 0.25) is 0 Å². The van der Waals surface area contributed by atoms with Crippen LogP contribution in [0.1, 0.15) is 20.3 Å². The lowest BCUT2D eigenvalue weighted by molar-refractivity contribution is 0.257. The van der Waals surface area contributed by atoms with Crippen molar-refractivity contribution in [3.8, 4) is 5.75 Å². The summed E-state index contributed by atoms with van der Waals surface area (Å²) in [4.78, 5) is 0. The predicted octanol–water partition coefficient (Wildman–Crippen LogP) is 1.94. The highest BCUT2D eigenvalue weighted by molar-refractivity contribution is 6.63. The molecule has 1 unspecified atom stereocenters. The fraction of sp³-hybridized carbons (Fsp3) is 0.333. The number of hydrogen-bond acceptors (Lipinski definition) is 3. The molecule has 0 aromatic heterocycles. The highest BCUT2D eigenvalue weighted by Gasteiger charge is 2.20. The Labute approximate surface area is 114 Å². The van der Waals surface area contributed by atoms with Crippen LogP contribution in [-0.4, -0.2) is 23.8 Å². The molecule has 0 spiro atoms. The van der Waals surface area contributed by atoms with E-state index in [2.05, 4.69) is 13.8 Å². The van der Waals surface area contributed by atoms with Crippen LogP contribution in [-0.2, 0) is 0 Å². The van der Waals surface area contributed by atoms with E-state index in [-0.39, 0.29) is 0 Å². The van der Waals surface area contributed by atoms with Gasteiger partial charge >= 0.3 is 7.12 Å². The summed E-state index contributed by atoms with van der Waals surface area (Å²) in [6.45, 7) is 4.79. The van der Waals surface area contributed by atoms with Crippen LogP contribution >= 0.6 is 0 Å². The summed E-state index contributed by atoms with van der Waals surface area (Å²) in [6, 6.07) is 11.4. The third-order valence-corrected chi connectivity index (χ3v) is 3.41. The monoisotopic (exact) mass is 258 g/mol. The van der Waals surface area contributed by atoms with E-state index in [0.29, 0.717) is 23.7 Å². The van der Waals surface area contributed by atoms with Gasteiger partial charge in [0.2, 0.25) is 0 Å². The van der Waals surface area contributed by atoms with Gasteiger partial charge in [-0.3, -0.25) is 0 Å². The molecule has 100 valence electrons. The van der Waals surface area contributed by atoms with Crippen LogP contribution < -0.4 is 10.2 Å². The van der Waals surface area contributed by atoms with Gasteiger partial charge in [-0.1, -0.05) is 50.6 Å². The number of benzene rings is 2. The van der Waals surface area contributed by atoms with E-state index in [1.54, 1.807) is 6.07 Å². The third-order valence-electron chi connectivity index (χ3n) is 3.41. The minimum atomic E-state index is -1.53. The maximum atomic E-state index is 9.60. The Balaban J connectivity index is 2.40. The standard InChI is InChI=1S/C15H19BO3/c1-3-11(2)10-19-14-9-8-12-6-4-5-7-13(12)15(14)16(17)18/h4-9,11,17-18H,3,10H2,1-2H3. The molecule has 3 nitrogen and oxygen atoms in total. The molecule has 0 saturated carbocycles. The van der Waals surface area contributed by atoms with Gasteiger partial charge < -0.3 is 14.8 Å². The van der Waals surface area contributed by atoms with E-state index in [1.807, 2.05) is 30.3 Å². The van der Waals surface area contributed by atoms with E-state index in [0.717, 1.165) is 17.2 Å². The molecule has 0 saturated heterocycles. The van der Waals surface area contributed by atoms with Crippen LogP contribution in [0, 0.1) is 5.92 Å². The van der Waals surface area contributed by atoms with Crippen LogP contribution in [0.5, 0.6) is 5.75 Å². The van der Waals surface area contributed by atoms with Gasteiger partial charge in [0.15, 0.2) is 0 Å². The van der Waals surface area contributed by atoms with Gasteiger partial charge in [0, 0.05) is 5.46 Å². The van der Waals surface area contributed by atoms with Crippen molar-refractivity contribution >= 4 is 23.4 Å². The van der Waals surface area contributed by atoms with Gasteiger partial charge in [0.1, 0.15) is 5.75 Å². The van der Waals surface area contributed by atoms with E-state index in [1.165, 1.54) is 0 Å². The topological polar surface area (TPSA) is 49.7 Å². The van der Waals surface area contributed by atoms with Crippen LogP contribution in [0.3, 0.4) is 0 Å². The van der Waals surface area contributed by atoms with Gasteiger partial charge in [-0.05, 0) is 22.8 Å². The lowest BCUT2D eigenvalue weighted by atomic mass is 9.76. The van der Waals surface area contributed by atoms with Gasteiger partial charge in [-0.15, -0.1) is 0 Å². The Morgan fingerprint density at radius 1 is 1.16 bits per heavy atom. The molecule has 1 atom stereocenters. The summed E-state index contributed by atoms with van der Waals surface area (Å²) in [5, 5.41) is 21.0. The molecule has 2 aromatic carbocycles. The van der Waals surface area contributed by atoms with Crippen LogP contribution in [0.15, 0.2) is 36.4 Å². The molecule has 0 radical (unpaired) electrons. The molecule has 4 heteroatoms. The van der Waals surface area contributed by atoms with Crippen LogP contribution in [0.4, 0.5) is 0 Å². The first-order valence-electron chi connectivity index (χ1n) is 6.64. The second-order valence-corrected chi connectivity index (χ2v) is 4.90. The van der Waals surface area contributed by atoms with Crippen molar-refractivity contribution in [2.75, 3.05) is 6.61 Å². The SMILES string of the molecule is CCC(C)COc1ccc2ccccc2c1B(O)O. The van der Waals surface area contributed by atoms with Gasteiger partial charge in [-0.25, -0.2) is 0 Å². The average Bonchev–Trinajstić information content (AvgIpc) is 2.43. The molecule has 0 aliphatic rings. The maximum absolute atomic E-state index is 9.60. The number of hydrogen-bond donors (Lipinski definition) is 2. The molecule has 2 aromatic rings. The maximum Gasteiger partial charge on any atom is 0.492 e. The molecule has 0 aliphatic carbocycles. The zero-order valence-electron chi connectivity index (χ0n) is 11.3. The van der Waals surface area contributed by atoms with Crippen LogP contribution in [0.25, 0.3) is 10.8 Å². The normalized spacial score (nSPS) is 12.4. The zero-order valence-corrected chi connectivity index (χ0v) is 11.3. The van der Waals surface area contributed by atoms with Crippen molar-refractivity contribution < 1.29 is 14.8 Å². The fourth-order valence-corrected chi connectivity index (χ4v) is 2.02. The van der Waals surface area contributed by atoms with Crippen molar-refractivity contribution in [2.24, 2.45) is 5.92 Å². The average molecular weight is 258 g/mol. The van der Waals surface area contributed by atoms with E-state index in [9.17, 15) is 10.0 Å². The second-order valence-electron chi connectivity index (χ2n) is 4.90. The van der Waals surface area contributed by atoms with Gasteiger partial charge in [-0.2, -0.15) is 0 Å². The molecule has 0 fully saturated rings. The highest BCUT2D eigenvalue weighted by atomic mass is 16.5. The van der Waals surface area contributed by atoms with Gasteiger partial charge in [0.05, 0.1) is 6.61 Å². The van der Waals surface area contributed by atoms with E-state index >= 15 is 0 Å². The smallest absolute Gasteiger partial charge is 0.492 e. The number of rotatable bonds is 5. The molecule has 0 aliphatic heterocycles. The largest absolute Gasteiger partial charge is 0.494 e. The summed E-state index contributed by atoms with van der Waals surface area (Å²) in [7, 11) is -1.53. The lowest BCUT2D eigenvalue weighted by Gasteiger charge is -2.16. The Bertz CT molecular complexity index is 554. The molecule has 0 bridgehead atoms. The van der Waals surface area contributed by atoms with E-state index < -0.39 is 7.12 Å². The molecular weight excluding hydrogens is 239 g/mol. The molecule has 0 amide bonds. The fourth-order valence-electron chi connectivity index (χ4n) is 2.02. The molecule has 2 rings (SSSR count). The first kappa shape index (κ1) is 13.9. The van der Waals surface area contributed by atoms with Crippen molar-refractivity contribution in [3.05, 3.63) is 36.4 Å². The zero-order chi connectivity index (χ0) is 13.8. The quantitative estimate of drug-likeness (QED) is 0.806. The first-order valence-corrected chi connectivity index (χ1v) is 6.64. The van der Waals surface area contributed by atoms with Crippen molar-refractivity contribution in [1.82, 2.24) is 0 Å². The molecule has 0 heterocycles. The molecular formula is C15H19BO3. The summed E-state index contributed by atoms with van der Waals surface area (Å²) >= 11 is 0. The summed E-state index contributed by atoms with van der Waals surface area (Å²) in [5.41, 5.74) is 0.446. The number of ether oxygens (including phenoxy) is 1. The minimum absolute atomic E-state index is 0.440. The first-order chi connectivity index (χ1) is 9.13. The second kappa shape index (κ2) is 6.09. The highest BCUT2D eigenvalue weighted by Crippen LogP contribution is 2.19. The van der Waals surface area contributed by atoms with Gasteiger partial charge in [0.25, 0.3) is 0 Å². The van der Waals surface area contributed by atoms with E-state index in [4.69, 9.17) is 4.74 Å². The molecule has 19 heavy (non-hydrogen) atoms. The summed E-state index contributed by atoms with van der Waals surface area (Å²) in [6.07, 6.45) is 1.03. The Kier molecular flexibility index (Phi) is 4.45. The molecule has 2 N–H and O–H groups in total. The summed E-state index contributed by atoms with van der Waals surface area (Å²) in [5.74, 6) is 0.990. The summed E-state index contributed by atoms with van der Waals surface area (Å²) < 4.78 is 5.74. The lowest BCUT2D eigenvalue weighted by Crippen LogP contribution is -2.32. The third kappa shape index (κ3) is 3.08. The Hall–Kier alpha value is -1.52. The van der Waals surface area contributed by atoms with Crippen molar-refractivity contribution in [2.45, 2.75) is 20.3 Å². The predicted molar refractivity (Wildman–Crippen MR) is 78.7 cm³/mol. The van der Waals surface area contributed by atoms with Crippen molar-refractivity contribution in [1.29, 1.82) is 0 Å². The van der Waals surface area contributed by atoms with Crippen molar-refractivity contribution in [3.63, 3.8) is 0 Å². The minimum Gasteiger partial charge on any atom is -0.494 e.